The van der Waals surface area contributed by atoms with Gasteiger partial charge in [-0.25, -0.2) is 0 Å². The molecule has 0 saturated carbocycles. The van der Waals surface area contributed by atoms with Gasteiger partial charge in [0.25, 0.3) is 0 Å². The second-order valence-electron chi connectivity index (χ2n) is 7.51. The van der Waals surface area contributed by atoms with Crippen molar-refractivity contribution < 1.29 is 0 Å². The number of fused-ring (bicyclic) bond motifs is 4. The topological polar surface area (TPSA) is 45.2 Å². The number of pyridine rings is 1. The number of hydrogen-bond acceptors (Lipinski definition) is 2. The Bertz CT molecular complexity index is 1090. The molecule has 1 heterocycles. The third kappa shape index (κ3) is 3.37. The Kier molecular flexibility index (Phi) is 5.07. The van der Waals surface area contributed by atoms with Crippen molar-refractivity contribution in [2.75, 3.05) is 0 Å². The Morgan fingerprint density at radius 1 is 1.29 bits per heavy atom. The van der Waals surface area contributed by atoms with Gasteiger partial charge in [0.15, 0.2) is 0 Å². The molecule has 0 unspecified atom stereocenters. The molecule has 2 aromatic rings. The molecule has 3 nitrogen and oxygen atoms in total. The van der Waals surface area contributed by atoms with Gasteiger partial charge in [0, 0.05) is 40.3 Å². The molecule has 0 amide bonds. The highest BCUT2D eigenvalue weighted by Gasteiger charge is 2.46. The summed E-state index contributed by atoms with van der Waals surface area (Å²) in [6.07, 6.45) is 12.1. The van der Waals surface area contributed by atoms with Gasteiger partial charge in [-0.1, -0.05) is 51.9 Å². The van der Waals surface area contributed by atoms with Gasteiger partial charge in [0.05, 0.1) is 0 Å². The number of aliphatic imine (C=N–C) groups is 1. The van der Waals surface area contributed by atoms with Crippen LogP contribution in [0, 0.1) is 5.92 Å². The largest absolute Gasteiger partial charge is 0.326 e. The Morgan fingerprint density at radius 2 is 2.14 bits per heavy atom. The Hall–Kier alpha value is -2.46. The fourth-order valence-electron chi connectivity index (χ4n) is 4.59. The van der Waals surface area contributed by atoms with Crippen LogP contribution in [0.5, 0.6) is 0 Å². The first-order chi connectivity index (χ1) is 13.5. The van der Waals surface area contributed by atoms with Crippen molar-refractivity contribution in [2.45, 2.75) is 32.2 Å². The second-order valence-corrected chi connectivity index (χ2v) is 8.43. The number of allylic oxidation sites excluding steroid dienone is 3. The number of nitrogens with one attached hydrogen (secondary N) is 1. The molecule has 1 aromatic carbocycles. The van der Waals surface area contributed by atoms with Crippen molar-refractivity contribution >= 4 is 28.2 Å². The Morgan fingerprint density at radius 3 is 2.93 bits per heavy atom. The number of aromatic nitrogens is 1. The van der Waals surface area contributed by atoms with Crippen molar-refractivity contribution in [2.24, 2.45) is 10.9 Å². The SMILES string of the molecule is CC=C1[C@H]2C=C(C)C[C@]1(N=CC=Cc1cccc(Br)c1)c1ccc(=O)[nH]c1C2. The van der Waals surface area contributed by atoms with Gasteiger partial charge in [-0.15, -0.1) is 0 Å². The van der Waals surface area contributed by atoms with E-state index in [-0.39, 0.29) is 11.5 Å². The van der Waals surface area contributed by atoms with Crippen LogP contribution in [-0.2, 0) is 12.0 Å². The Balaban J connectivity index is 1.77. The summed E-state index contributed by atoms with van der Waals surface area (Å²) in [6.45, 7) is 4.27. The fraction of sp³-hybridized carbons (Fsp3) is 0.250. The molecular weight excluding hydrogens is 412 g/mol. The van der Waals surface area contributed by atoms with Crippen LogP contribution in [0.3, 0.4) is 0 Å². The number of H-pyrrole nitrogens is 1. The summed E-state index contributed by atoms with van der Waals surface area (Å²) < 4.78 is 1.06. The minimum absolute atomic E-state index is 0.0462. The average molecular weight is 435 g/mol. The van der Waals surface area contributed by atoms with Crippen molar-refractivity contribution in [3.63, 3.8) is 0 Å². The molecular formula is C24H23BrN2O. The maximum Gasteiger partial charge on any atom is 0.248 e. The standard InChI is InChI=1S/C24H23BrN2O/c1-3-20-18-12-16(2)15-24(20,21-9-10-23(28)27-22(21)14-18)26-11-5-7-17-6-4-8-19(25)13-17/h3-13,18H,14-15H2,1-2H3,(H,27,28)/t18-,24+/m0/s1. The van der Waals surface area contributed by atoms with Gasteiger partial charge in [0.2, 0.25) is 5.56 Å². The van der Waals surface area contributed by atoms with Crippen molar-refractivity contribution in [3.8, 4) is 0 Å². The molecule has 1 N–H and O–H groups in total. The maximum absolute atomic E-state index is 11.9. The molecule has 4 heteroatoms. The number of benzene rings is 1. The van der Waals surface area contributed by atoms with Gasteiger partial charge < -0.3 is 4.98 Å². The summed E-state index contributed by atoms with van der Waals surface area (Å²) >= 11 is 3.50. The minimum atomic E-state index is -0.433. The van der Waals surface area contributed by atoms with Gasteiger partial charge in [-0.05, 0) is 55.7 Å². The van der Waals surface area contributed by atoms with Crippen LogP contribution in [0.2, 0.25) is 0 Å². The third-order valence-electron chi connectivity index (χ3n) is 5.60. The molecule has 28 heavy (non-hydrogen) atoms. The van der Waals surface area contributed by atoms with Crippen LogP contribution in [0.15, 0.2) is 80.0 Å². The lowest BCUT2D eigenvalue weighted by Crippen LogP contribution is -2.40. The lowest BCUT2D eigenvalue weighted by atomic mass is 9.63. The van der Waals surface area contributed by atoms with E-state index in [1.165, 1.54) is 11.1 Å². The fourth-order valence-corrected chi connectivity index (χ4v) is 5.00. The lowest BCUT2D eigenvalue weighted by molar-refractivity contribution is 0.413. The van der Waals surface area contributed by atoms with E-state index in [2.05, 4.69) is 65.1 Å². The van der Waals surface area contributed by atoms with Gasteiger partial charge in [0.1, 0.15) is 5.54 Å². The van der Waals surface area contributed by atoms with Crippen LogP contribution in [0.25, 0.3) is 6.08 Å². The van der Waals surface area contributed by atoms with E-state index in [1.807, 2.05) is 30.5 Å². The van der Waals surface area contributed by atoms with E-state index in [9.17, 15) is 4.79 Å². The molecule has 4 rings (SSSR count). The number of aromatic amines is 1. The molecule has 2 bridgehead atoms. The lowest BCUT2D eigenvalue weighted by Gasteiger charge is -2.45. The normalized spacial score (nSPS) is 25.3. The van der Waals surface area contributed by atoms with E-state index < -0.39 is 5.54 Å². The first-order valence-electron chi connectivity index (χ1n) is 9.56. The maximum atomic E-state index is 11.9. The van der Waals surface area contributed by atoms with Crippen LogP contribution < -0.4 is 5.56 Å². The van der Waals surface area contributed by atoms with Crippen molar-refractivity contribution in [1.29, 1.82) is 0 Å². The van der Waals surface area contributed by atoms with Crippen LogP contribution in [0.1, 0.15) is 37.1 Å². The molecule has 0 fully saturated rings. The second kappa shape index (κ2) is 7.51. The molecule has 2 aliphatic rings. The average Bonchev–Trinajstić information content (AvgIpc) is 2.64. The van der Waals surface area contributed by atoms with Gasteiger partial charge in [-0.3, -0.25) is 9.79 Å². The number of rotatable bonds is 3. The van der Waals surface area contributed by atoms with Crippen molar-refractivity contribution in [3.05, 3.63) is 97.4 Å². The summed E-state index contributed by atoms with van der Waals surface area (Å²) in [5, 5.41) is 0. The third-order valence-corrected chi connectivity index (χ3v) is 6.09. The highest BCUT2D eigenvalue weighted by molar-refractivity contribution is 9.10. The number of nitrogens with zero attached hydrogens (tertiary/aromatic N) is 1. The zero-order valence-electron chi connectivity index (χ0n) is 16.1. The van der Waals surface area contributed by atoms with E-state index in [0.717, 1.165) is 34.1 Å². The summed E-state index contributed by atoms with van der Waals surface area (Å²) in [7, 11) is 0. The molecule has 142 valence electrons. The summed E-state index contributed by atoms with van der Waals surface area (Å²) in [5.41, 5.74) is 5.45. The molecule has 0 spiro atoms. The Labute approximate surface area is 173 Å². The number of hydrogen-bond donors (Lipinski definition) is 1. The predicted molar refractivity (Wildman–Crippen MR) is 120 cm³/mol. The quantitative estimate of drug-likeness (QED) is 0.496. The predicted octanol–water partition coefficient (Wildman–Crippen LogP) is 5.59. The molecule has 0 radical (unpaired) electrons. The van der Waals surface area contributed by atoms with Crippen LogP contribution >= 0.6 is 15.9 Å². The van der Waals surface area contributed by atoms with Gasteiger partial charge >= 0.3 is 0 Å². The summed E-state index contributed by atoms with van der Waals surface area (Å²) in [4.78, 5) is 20.0. The van der Waals surface area contributed by atoms with Gasteiger partial charge in [-0.2, -0.15) is 0 Å². The highest BCUT2D eigenvalue weighted by atomic mass is 79.9. The molecule has 0 saturated heterocycles. The van der Waals surface area contributed by atoms with E-state index in [1.54, 1.807) is 6.07 Å². The zero-order chi connectivity index (χ0) is 19.7. The minimum Gasteiger partial charge on any atom is -0.326 e. The molecule has 0 aliphatic heterocycles. The van der Waals surface area contributed by atoms with Crippen molar-refractivity contribution in [1.82, 2.24) is 4.98 Å². The summed E-state index contributed by atoms with van der Waals surface area (Å²) in [5.74, 6) is 0.288. The van der Waals surface area contributed by atoms with Crippen LogP contribution in [-0.4, -0.2) is 11.2 Å². The van der Waals surface area contributed by atoms with E-state index in [4.69, 9.17) is 4.99 Å². The van der Waals surface area contributed by atoms with E-state index >= 15 is 0 Å². The highest BCUT2D eigenvalue weighted by Crippen LogP contribution is 2.51. The molecule has 2 aliphatic carbocycles. The zero-order valence-corrected chi connectivity index (χ0v) is 17.7. The molecule has 2 atom stereocenters. The van der Waals surface area contributed by atoms with E-state index in [0.29, 0.717) is 0 Å². The summed E-state index contributed by atoms with van der Waals surface area (Å²) in [6, 6.07) is 11.8. The monoisotopic (exact) mass is 434 g/mol. The first-order valence-corrected chi connectivity index (χ1v) is 10.4. The first kappa shape index (κ1) is 18.9. The van der Waals surface area contributed by atoms with Crippen LogP contribution in [0.4, 0.5) is 0 Å². The molecule has 1 aromatic heterocycles. The number of halogens is 1. The smallest absolute Gasteiger partial charge is 0.248 e.